The Kier molecular flexibility index (Phi) is 7.00. The van der Waals surface area contributed by atoms with Gasteiger partial charge in [0.1, 0.15) is 0 Å². The van der Waals surface area contributed by atoms with Crippen molar-refractivity contribution in [3.05, 3.63) is 65.5 Å². The van der Waals surface area contributed by atoms with Gasteiger partial charge in [0.05, 0.1) is 19.3 Å². The number of nitrogens with zero attached hydrogens (tertiary/aromatic N) is 2. The third-order valence-corrected chi connectivity index (χ3v) is 5.80. The molecule has 1 aromatic heterocycles. The normalized spacial score (nSPS) is 21.4. The SMILES string of the molecule is CCOCC1(CCc2ccccc2)CCN(C(CO)c2ccc(C)nc2)C1. The first-order chi connectivity index (χ1) is 13.2. The highest BCUT2D eigenvalue weighted by Gasteiger charge is 2.40. The van der Waals surface area contributed by atoms with Crippen LogP contribution >= 0.6 is 0 Å². The Labute approximate surface area is 163 Å². The topological polar surface area (TPSA) is 45.6 Å². The molecule has 1 aliphatic rings. The number of ether oxygens (including phenoxy) is 1. The van der Waals surface area contributed by atoms with E-state index in [1.807, 2.05) is 19.2 Å². The summed E-state index contributed by atoms with van der Waals surface area (Å²) in [5.41, 5.74) is 3.63. The fourth-order valence-corrected chi connectivity index (χ4v) is 4.11. The summed E-state index contributed by atoms with van der Waals surface area (Å²) < 4.78 is 5.89. The molecule has 1 N–H and O–H groups in total. The Morgan fingerprint density at radius 1 is 1.22 bits per heavy atom. The van der Waals surface area contributed by atoms with Crippen molar-refractivity contribution in [1.82, 2.24) is 9.88 Å². The van der Waals surface area contributed by atoms with Gasteiger partial charge in [0.25, 0.3) is 0 Å². The molecule has 0 saturated carbocycles. The van der Waals surface area contributed by atoms with Gasteiger partial charge >= 0.3 is 0 Å². The molecule has 0 amide bonds. The van der Waals surface area contributed by atoms with Crippen LogP contribution in [0, 0.1) is 12.3 Å². The molecule has 1 aliphatic heterocycles. The number of hydrogen-bond acceptors (Lipinski definition) is 4. The number of aliphatic hydroxyl groups excluding tert-OH is 1. The molecule has 4 heteroatoms. The predicted octanol–water partition coefficient (Wildman–Crippen LogP) is 3.78. The Hall–Kier alpha value is -1.75. The van der Waals surface area contributed by atoms with E-state index in [-0.39, 0.29) is 18.1 Å². The van der Waals surface area contributed by atoms with Gasteiger partial charge in [-0.25, -0.2) is 0 Å². The van der Waals surface area contributed by atoms with Crippen LogP contribution < -0.4 is 0 Å². The highest BCUT2D eigenvalue weighted by atomic mass is 16.5. The highest BCUT2D eigenvalue weighted by Crippen LogP contribution is 2.39. The molecule has 2 aromatic rings. The van der Waals surface area contributed by atoms with E-state index in [1.54, 1.807) is 0 Å². The largest absolute Gasteiger partial charge is 0.394 e. The van der Waals surface area contributed by atoms with Crippen LogP contribution in [0.2, 0.25) is 0 Å². The lowest BCUT2D eigenvalue weighted by Gasteiger charge is -2.32. The van der Waals surface area contributed by atoms with E-state index in [0.717, 1.165) is 56.8 Å². The first-order valence-corrected chi connectivity index (χ1v) is 10.0. The third kappa shape index (κ3) is 5.16. The first-order valence-electron chi connectivity index (χ1n) is 10.0. The van der Waals surface area contributed by atoms with Gasteiger partial charge in [0.15, 0.2) is 0 Å². The lowest BCUT2D eigenvalue weighted by atomic mass is 9.82. The van der Waals surface area contributed by atoms with E-state index < -0.39 is 0 Å². The van der Waals surface area contributed by atoms with Crippen LogP contribution in [0.4, 0.5) is 0 Å². The Morgan fingerprint density at radius 2 is 2.04 bits per heavy atom. The highest BCUT2D eigenvalue weighted by molar-refractivity contribution is 5.19. The molecule has 3 rings (SSSR count). The molecule has 146 valence electrons. The number of benzene rings is 1. The maximum absolute atomic E-state index is 10.1. The summed E-state index contributed by atoms with van der Waals surface area (Å²) >= 11 is 0. The number of hydrogen-bond donors (Lipinski definition) is 1. The van der Waals surface area contributed by atoms with Gasteiger partial charge in [0, 0.05) is 30.5 Å². The van der Waals surface area contributed by atoms with Gasteiger partial charge in [-0.2, -0.15) is 0 Å². The molecule has 0 aliphatic carbocycles. The van der Waals surface area contributed by atoms with Gasteiger partial charge in [-0.05, 0) is 56.8 Å². The molecule has 2 heterocycles. The molecule has 1 fully saturated rings. The van der Waals surface area contributed by atoms with E-state index in [9.17, 15) is 5.11 Å². The molecule has 27 heavy (non-hydrogen) atoms. The van der Waals surface area contributed by atoms with Gasteiger partial charge in [-0.15, -0.1) is 0 Å². The van der Waals surface area contributed by atoms with Crippen LogP contribution in [0.1, 0.15) is 42.6 Å². The van der Waals surface area contributed by atoms with Gasteiger partial charge in [-0.3, -0.25) is 9.88 Å². The molecule has 0 radical (unpaired) electrons. The van der Waals surface area contributed by atoms with E-state index in [4.69, 9.17) is 4.74 Å². The van der Waals surface area contributed by atoms with Crippen molar-refractivity contribution >= 4 is 0 Å². The average Bonchev–Trinajstić information content (AvgIpc) is 3.12. The zero-order chi connectivity index (χ0) is 19.1. The minimum absolute atomic E-state index is 0.0123. The number of aliphatic hydroxyl groups is 1. The number of rotatable bonds is 9. The second kappa shape index (κ2) is 9.45. The molecular formula is C23H32N2O2. The van der Waals surface area contributed by atoms with Gasteiger partial charge in [0.2, 0.25) is 0 Å². The number of pyridine rings is 1. The van der Waals surface area contributed by atoms with Crippen molar-refractivity contribution in [3.8, 4) is 0 Å². The smallest absolute Gasteiger partial charge is 0.0629 e. The van der Waals surface area contributed by atoms with Crippen molar-refractivity contribution in [2.45, 2.75) is 39.2 Å². The van der Waals surface area contributed by atoms with Crippen molar-refractivity contribution in [2.75, 3.05) is 32.9 Å². The van der Waals surface area contributed by atoms with E-state index in [2.05, 4.69) is 53.2 Å². The van der Waals surface area contributed by atoms with Gasteiger partial charge in [-0.1, -0.05) is 36.4 Å². The Morgan fingerprint density at radius 3 is 2.70 bits per heavy atom. The minimum Gasteiger partial charge on any atom is -0.394 e. The number of aromatic nitrogens is 1. The summed E-state index contributed by atoms with van der Waals surface area (Å²) in [6.07, 6.45) is 5.19. The summed E-state index contributed by atoms with van der Waals surface area (Å²) in [7, 11) is 0. The summed E-state index contributed by atoms with van der Waals surface area (Å²) in [5, 5.41) is 10.1. The molecule has 4 nitrogen and oxygen atoms in total. The fourth-order valence-electron chi connectivity index (χ4n) is 4.11. The van der Waals surface area contributed by atoms with E-state index >= 15 is 0 Å². The molecule has 2 atom stereocenters. The van der Waals surface area contributed by atoms with E-state index in [1.165, 1.54) is 5.56 Å². The maximum Gasteiger partial charge on any atom is 0.0629 e. The van der Waals surface area contributed by atoms with Crippen molar-refractivity contribution in [3.63, 3.8) is 0 Å². The molecule has 2 unspecified atom stereocenters. The molecule has 0 spiro atoms. The Bertz CT molecular complexity index is 689. The van der Waals surface area contributed by atoms with Crippen LogP contribution in [-0.4, -0.2) is 47.9 Å². The summed E-state index contributed by atoms with van der Waals surface area (Å²) in [6.45, 7) is 7.65. The first kappa shape index (κ1) is 20.0. The number of likely N-dealkylation sites (tertiary alicyclic amines) is 1. The zero-order valence-electron chi connectivity index (χ0n) is 16.6. The van der Waals surface area contributed by atoms with Gasteiger partial charge < -0.3 is 9.84 Å². The average molecular weight is 369 g/mol. The molecule has 1 saturated heterocycles. The van der Waals surface area contributed by atoms with Crippen molar-refractivity contribution in [1.29, 1.82) is 0 Å². The predicted molar refractivity (Wildman–Crippen MR) is 109 cm³/mol. The summed E-state index contributed by atoms with van der Waals surface area (Å²) in [5.74, 6) is 0. The molecular weight excluding hydrogens is 336 g/mol. The Balaban J connectivity index is 1.71. The van der Waals surface area contributed by atoms with Crippen LogP contribution in [0.15, 0.2) is 48.7 Å². The summed E-state index contributed by atoms with van der Waals surface area (Å²) in [6, 6.07) is 14.8. The number of aryl methyl sites for hydroxylation is 2. The van der Waals surface area contributed by atoms with Crippen molar-refractivity contribution < 1.29 is 9.84 Å². The lowest BCUT2D eigenvalue weighted by Crippen LogP contribution is -2.35. The fraction of sp³-hybridized carbons (Fsp3) is 0.522. The maximum atomic E-state index is 10.1. The monoisotopic (exact) mass is 368 g/mol. The van der Waals surface area contributed by atoms with Crippen LogP contribution in [0.25, 0.3) is 0 Å². The third-order valence-electron chi connectivity index (χ3n) is 5.80. The standard InChI is InChI=1S/C23H32N2O2/c1-3-27-18-23(12-11-20-7-5-4-6-8-20)13-14-25(17-23)22(16-26)21-10-9-19(2)24-15-21/h4-10,15,22,26H,3,11-14,16-18H2,1-2H3. The lowest BCUT2D eigenvalue weighted by molar-refractivity contribution is 0.0420. The van der Waals surface area contributed by atoms with E-state index in [0.29, 0.717) is 0 Å². The molecule has 0 bridgehead atoms. The second-order valence-electron chi connectivity index (χ2n) is 7.77. The minimum atomic E-state index is 0.0123. The summed E-state index contributed by atoms with van der Waals surface area (Å²) in [4.78, 5) is 6.83. The molecule has 1 aromatic carbocycles. The van der Waals surface area contributed by atoms with Crippen LogP contribution in [0.3, 0.4) is 0 Å². The second-order valence-corrected chi connectivity index (χ2v) is 7.77. The zero-order valence-corrected chi connectivity index (χ0v) is 16.6. The van der Waals surface area contributed by atoms with Crippen LogP contribution in [-0.2, 0) is 11.2 Å². The van der Waals surface area contributed by atoms with Crippen LogP contribution in [0.5, 0.6) is 0 Å². The quantitative estimate of drug-likeness (QED) is 0.732. The van der Waals surface area contributed by atoms with Crippen molar-refractivity contribution in [2.24, 2.45) is 5.41 Å².